The van der Waals surface area contributed by atoms with Gasteiger partial charge in [0.15, 0.2) is 5.96 Å². The molecule has 0 fully saturated rings. The molecule has 6 nitrogen and oxygen atoms in total. The Hall–Kier alpha value is -2.54. The van der Waals surface area contributed by atoms with Gasteiger partial charge in [0, 0.05) is 32.2 Å². The van der Waals surface area contributed by atoms with Crippen molar-refractivity contribution in [2.75, 3.05) is 26.7 Å². The molecular weight excluding hydrogens is 336 g/mol. The molecule has 2 rings (SSSR count). The van der Waals surface area contributed by atoms with Gasteiger partial charge in [-0.25, -0.2) is 0 Å². The van der Waals surface area contributed by atoms with E-state index in [1.807, 2.05) is 14.0 Å². The summed E-state index contributed by atoms with van der Waals surface area (Å²) in [4.78, 5) is 18.6. The number of aliphatic imine (C=N–C) groups is 1. The summed E-state index contributed by atoms with van der Waals surface area (Å²) in [6.45, 7) is 4.53. The molecule has 0 bridgehead atoms. The van der Waals surface area contributed by atoms with Crippen LogP contribution in [0.4, 0.5) is 0 Å². The molecule has 0 saturated carbocycles. The Balaban J connectivity index is 1.84. The molecule has 0 aliphatic heterocycles. The maximum Gasteiger partial charge on any atom is 0.251 e. The Kier molecular flexibility index (Phi) is 7.28. The number of nitrogens with one attached hydrogen (secondary N) is 2. The number of carbonyl (C=O) groups is 1. The third kappa shape index (κ3) is 6.11. The summed E-state index contributed by atoms with van der Waals surface area (Å²) in [6.07, 6.45) is 0. The Bertz CT molecular complexity index is 684. The molecule has 1 heterocycles. The molecule has 3 N–H and O–H groups in total. The summed E-state index contributed by atoms with van der Waals surface area (Å²) in [5, 5.41) is 19.5. The van der Waals surface area contributed by atoms with Crippen molar-refractivity contribution in [3.63, 3.8) is 0 Å². The summed E-state index contributed by atoms with van der Waals surface area (Å²) in [5.74, 6) is 0.782. The van der Waals surface area contributed by atoms with E-state index in [-0.39, 0.29) is 11.7 Å². The van der Waals surface area contributed by atoms with Gasteiger partial charge in [-0.1, -0.05) is 0 Å². The quantitative estimate of drug-likeness (QED) is 0.402. The fourth-order valence-corrected chi connectivity index (χ4v) is 2.91. The van der Waals surface area contributed by atoms with Crippen LogP contribution in [0.5, 0.6) is 5.75 Å². The minimum atomic E-state index is -0.174. The number of phenols is 1. The van der Waals surface area contributed by atoms with Gasteiger partial charge in [-0.15, -0.1) is 0 Å². The highest BCUT2D eigenvalue weighted by Crippen LogP contribution is 2.09. The maximum absolute atomic E-state index is 12.0. The van der Waals surface area contributed by atoms with Crippen molar-refractivity contribution < 1.29 is 9.90 Å². The third-order valence-corrected chi connectivity index (χ3v) is 4.22. The number of thiophene rings is 1. The summed E-state index contributed by atoms with van der Waals surface area (Å²) in [7, 11) is 1.99. The topological polar surface area (TPSA) is 77.0 Å². The number of nitrogens with zero attached hydrogens (tertiary/aromatic N) is 2. The lowest BCUT2D eigenvalue weighted by molar-refractivity contribution is 0.0955. The SMILES string of the molecule is CCNC(=NCCNC(=O)c1ccc(O)cc1)N(C)Cc1ccsc1. The first-order valence-corrected chi connectivity index (χ1v) is 9.12. The van der Waals surface area contributed by atoms with Crippen LogP contribution in [0.15, 0.2) is 46.1 Å². The number of phenolic OH excluding ortho intramolecular Hbond substituents is 1. The molecule has 0 atom stereocenters. The molecule has 0 saturated heterocycles. The first kappa shape index (κ1) is 18.8. The van der Waals surface area contributed by atoms with E-state index in [0.717, 1.165) is 19.0 Å². The van der Waals surface area contributed by atoms with E-state index in [0.29, 0.717) is 18.7 Å². The normalized spacial score (nSPS) is 11.2. The number of hydrogen-bond donors (Lipinski definition) is 3. The van der Waals surface area contributed by atoms with Crippen molar-refractivity contribution in [3.8, 4) is 5.75 Å². The van der Waals surface area contributed by atoms with Gasteiger partial charge in [-0.3, -0.25) is 9.79 Å². The molecule has 0 radical (unpaired) electrons. The molecule has 2 aromatic rings. The molecule has 25 heavy (non-hydrogen) atoms. The molecule has 1 aromatic carbocycles. The number of amides is 1. The highest BCUT2D eigenvalue weighted by molar-refractivity contribution is 7.07. The van der Waals surface area contributed by atoms with Crippen molar-refractivity contribution in [1.29, 1.82) is 0 Å². The minimum Gasteiger partial charge on any atom is -0.508 e. The highest BCUT2D eigenvalue weighted by Gasteiger charge is 2.07. The Labute approximate surface area is 152 Å². The maximum atomic E-state index is 12.0. The summed E-state index contributed by atoms with van der Waals surface area (Å²) in [5.41, 5.74) is 1.77. The van der Waals surface area contributed by atoms with Gasteiger partial charge in [0.1, 0.15) is 5.75 Å². The zero-order valence-corrected chi connectivity index (χ0v) is 15.3. The molecule has 1 aromatic heterocycles. The first-order valence-electron chi connectivity index (χ1n) is 8.18. The van der Waals surface area contributed by atoms with E-state index in [1.165, 1.54) is 17.7 Å². The number of guanidine groups is 1. The van der Waals surface area contributed by atoms with E-state index in [1.54, 1.807) is 23.5 Å². The molecule has 0 unspecified atom stereocenters. The van der Waals surface area contributed by atoms with Crippen molar-refractivity contribution in [2.45, 2.75) is 13.5 Å². The zero-order chi connectivity index (χ0) is 18.1. The van der Waals surface area contributed by atoms with Gasteiger partial charge >= 0.3 is 0 Å². The third-order valence-electron chi connectivity index (χ3n) is 3.48. The van der Waals surface area contributed by atoms with E-state index >= 15 is 0 Å². The lowest BCUT2D eigenvalue weighted by Gasteiger charge is -2.21. The van der Waals surface area contributed by atoms with Crippen LogP contribution in [0, 0.1) is 0 Å². The average Bonchev–Trinajstić information content (AvgIpc) is 3.11. The number of benzene rings is 1. The number of hydrogen-bond acceptors (Lipinski definition) is 4. The van der Waals surface area contributed by atoms with Crippen molar-refractivity contribution >= 4 is 23.2 Å². The Morgan fingerprint density at radius 1 is 1.24 bits per heavy atom. The predicted octanol–water partition coefficient (Wildman–Crippen LogP) is 2.28. The number of rotatable bonds is 7. The van der Waals surface area contributed by atoms with Gasteiger partial charge in [-0.2, -0.15) is 11.3 Å². The standard InChI is InChI=1S/C18H24N4O2S/c1-3-19-18(22(2)12-14-8-11-25-13-14)21-10-9-20-17(24)15-4-6-16(23)7-5-15/h4-8,11,13,23H,3,9-10,12H2,1-2H3,(H,19,21)(H,20,24). The monoisotopic (exact) mass is 360 g/mol. The number of aromatic hydroxyl groups is 1. The van der Waals surface area contributed by atoms with Crippen molar-refractivity contribution in [1.82, 2.24) is 15.5 Å². The van der Waals surface area contributed by atoms with Crippen LogP contribution in [0.1, 0.15) is 22.8 Å². The van der Waals surface area contributed by atoms with Crippen molar-refractivity contribution in [3.05, 3.63) is 52.2 Å². The van der Waals surface area contributed by atoms with Gasteiger partial charge in [-0.05, 0) is 53.6 Å². The van der Waals surface area contributed by atoms with Gasteiger partial charge in [0.2, 0.25) is 0 Å². The fourth-order valence-electron chi connectivity index (χ4n) is 2.25. The molecule has 0 spiro atoms. The number of carbonyl (C=O) groups excluding carboxylic acids is 1. The summed E-state index contributed by atoms with van der Waals surface area (Å²) >= 11 is 1.68. The van der Waals surface area contributed by atoms with Crippen LogP contribution in [-0.4, -0.2) is 48.6 Å². The predicted molar refractivity (Wildman–Crippen MR) is 102 cm³/mol. The van der Waals surface area contributed by atoms with Crippen LogP contribution in [0.3, 0.4) is 0 Å². The van der Waals surface area contributed by atoms with Gasteiger partial charge < -0.3 is 20.6 Å². The highest BCUT2D eigenvalue weighted by atomic mass is 32.1. The second-order valence-corrected chi connectivity index (χ2v) is 6.31. The fraction of sp³-hybridized carbons (Fsp3) is 0.333. The van der Waals surface area contributed by atoms with Crippen LogP contribution < -0.4 is 10.6 Å². The first-order chi connectivity index (χ1) is 12.1. The average molecular weight is 360 g/mol. The van der Waals surface area contributed by atoms with Gasteiger partial charge in [0.25, 0.3) is 5.91 Å². The molecular formula is C18H24N4O2S. The van der Waals surface area contributed by atoms with E-state index in [4.69, 9.17) is 0 Å². The molecule has 7 heteroatoms. The van der Waals surface area contributed by atoms with E-state index in [9.17, 15) is 9.90 Å². The van der Waals surface area contributed by atoms with Crippen LogP contribution in [-0.2, 0) is 6.54 Å². The minimum absolute atomic E-state index is 0.144. The molecule has 0 aliphatic carbocycles. The largest absolute Gasteiger partial charge is 0.508 e. The van der Waals surface area contributed by atoms with Crippen LogP contribution in [0.25, 0.3) is 0 Å². The summed E-state index contributed by atoms with van der Waals surface area (Å²) in [6, 6.07) is 8.27. The molecule has 0 aliphatic rings. The zero-order valence-electron chi connectivity index (χ0n) is 14.5. The smallest absolute Gasteiger partial charge is 0.251 e. The van der Waals surface area contributed by atoms with E-state index in [2.05, 4.69) is 37.4 Å². The Morgan fingerprint density at radius 3 is 2.64 bits per heavy atom. The lowest BCUT2D eigenvalue weighted by Crippen LogP contribution is -2.39. The Morgan fingerprint density at radius 2 is 2.00 bits per heavy atom. The second kappa shape index (κ2) is 9.68. The van der Waals surface area contributed by atoms with Crippen LogP contribution >= 0.6 is 11.3 Å². The molecule has 1 amide bonds. The van der Waals surface area contributed by atoms with Crippen LogP contribution in [0.2, 0.25) is 0 Å². The lowest BCUT2D eigenvalue weighted by atomic mass is 10.2. The van der Waals surface area contributed by atoms with Gasteiger partial charge in [0.05, 0.1) is 6.54 Å². The van der Waals surface area contributed by atoms with Crippen molar-refractivity contribution in [2.24, 2.45) is 4.99 Å². The summed E-state index contributed by atoms with van der Waals surface area (Å²) < 4.78 is 0. The second-order valence-electron chi connectivity index (χ2n) is 5.53. The molecule has 134 valence electrons. The van der Waals surface area contributed by atoms with E-state index < -0.39 is 0 Å².